The zero-order chi connectivity index (χ0) is 24.3. The van der Waals surface area contributed by atoms with E-state index in [1.54, 1.807) is 0 Å². The molecule has 0 radical (unpaired) electrons. The van der Waals surface area contributed by atoms with Crippen molar-refractivity contribution in [3.05, 3.63) is 0 Å². The SMILES string of the molecule is C1CCC(N[P+](NC2CCCCC2)(NC2CCCCC2)NC2CCCCC2)CC1.F[B-](F)(F)F. The van der Waals surface area contributed by atoms with E-state index in [1.165, 1.54) is 128 Å². The molecule has 0 unspecified atom stereocenters. The summed E-state index contributed by atoms with van der Waals surface area (Å²) in [6, 6.07) is 2.78. The van der Waals surface area contributed by atoms with Gasteiger partial charge in [-0.25, -0.2) is 0 Å². The summed E-state index contributed by atoms with van der Waals surface area (Å²) in [4.78, 5) is 0. The van der Waals surface area contributed by atoms with Crippen LogP contribution in [0.25, 0.3) is 0 Å². The molecule has 4 saturated carbocycles. The first-order valence-corrected chi connectivity index (χ1v) is 16.0. The molecule has 4 nitrogen and oxygen atoms in total. The molecule has 10 heteroatoms. The average molecular weight is 510 g/mol. The molecule has 0 spiro atoms. The minimum atomic E-state index is -6.00. The van der Waals surface area contributed by atoms with Gasteiger partial charge in [0, 0.05) is 24.2 Å². The normalized spacial score (nSPS) is 25.1. The highest BCUT2D eigenvalue weighted by atomic mass is 31.2. The molecule has 4 aliphatic rings. The lowest BCUT2D eigenvalue weighted by molar-refractivity contribution is 0.366. The Hall–Kier alpha value is 0.0549. The molecule has 4 aliphatic carbocycles. The van der Waals surface area contributed by atoms with Crippen LogP contribution in [-0.2, 0) is 0 Å². The van der Waals surface area contributed by atoms with Crippen LogP contribution < -0.4 is 20.3 Å². The predicted octanol–water partition coefficient (Wildman–Crippen LogP) is 7.65. The Morgan fingerprint density at radius 3 is 0.735 bits per heavy atom. The van der Waals surface area contributed by atoms with E-state index in [2.05, 4.69) is 20.3 Å². The van der Waals surface area contributed by atoms with E-state index in [0.29, 0.717) is 24.2 Å². The summed E-state index contributed by atoms with van der Waals surface area (Å²) in [5.74, 6) is 0. The Morgan fingerprint density at radius 2 is 0.559 bits per heavy atom. The molecule has 4 rings (SSSR count). The largest absolute Gasteiger partial charge is 0.673 e. The molecular weight excluding hydrogens is 462 g/mol. The van der Waals surface area contributed by atoms with Gasteiger partial charge in [-0.05, 0) is 51.4 Å². The lowest BCUT2D eigenvalue weighted by Crippen LogP contribution is -2.56. The lowest BCUT2D eigenvalue weighted by atomic mass is 9.96. The molecule has 4 fully saturated rings. The third kappa shape index (κ3) is 11.4. The van der Waals surface area contributed by atoms with Crippen molar-refractivity contribution in [2.24, 2.45) is 0 Å². The van der Waals surface area contributed by atoms with Crippen LogP contribution in [-0.4, -0.2) is 31.4 Å². The highest BCUT2D eigenvalue weighted by Crippen LogP contribution is 2.48. The fraction of sp³-hybridized carbons (Fsp3) is 1.00. The first kappa shape index (κ1) is 28.6. The molecule has 0 saturated heterocycles. The molecule has 0 aromatic heterocycles. The van der Waals surface area contributed by atoms with Crippen LogP contribution in [0.1, 0.15) is 128 Å². The second kappa shape index (κ2) is 14.7. The topological polar surface area (TPSA) is 48.1 Å². The minimum absolute atomic E-state index is 0.695. The van der Waals surface area contributed by atoms with Gasteiger partial charge in [-0.15, -0.1) is 20.3 Å². The van der Waals surface area contributed by atoms with Gasteiger partial charge in [0.25, 0.3) is 7.87 Å². The lowest BCUT2D eigenvalue weighted by Gasteiger charge is -2.40. The first-order valence-electron chi connectivity index (χ1n) is 14.2. The van der Waals surface area contributed by atoms with Crippen molar-refractivity contribution in [2.75, 3.05) is 0 Å². The third-order valence-corrected chi connectivity index (χ3v) is 10.9. The zero-order valence-corrected chi connectivity index (χ0v) is 21.9. The summed E-state index contributed by atoms with van der Waals surface area (Å²) in [5, 5.41) is 17.2. The van der Waals surface area contributed by atoms with Crippen molar-refractivity contribution in [1.29, 1.82) is 0 Å². The monoisotopic (exact) mass is 510 g/mol. The van der Waals surface area contributed by atoms with Crippen molar-refractivity contribution in [2.45, 2.75) is 153 Å². The van der Waals surface area contributed by atoms with E-state index < -0.39 is 15.1 Å². The molecular formula is C24H48BF4N4P. The molecule has 0 atom stereocenters. The van der Waals surface area contributed by atoms with Crippen LogP contribution in [0, 0.1) is 0 Å². The predicted molar refractivity (Wildman–Crippen MR) is 137 cm³/mol. The highest BCUT2D eigenvalue weighted by Gasteiger charge is 2.47. The van der Waals surface area contributed by atoms with Gasteiger partial charge in [-0.3, -0.25) is 0 Å². The van der Waals surface area contributed by atoms with Gasteiger partial charge < -0.3 is 17.3 Å². The van der Waals surface area contributed by atoms with E-state index in [0.717, 1.165) is 0 Å². The third-order valence-electron chi connectivity index (χ3n) is 7.93. The van der Waals surface area contributed by atoms with E-state index in [-0.39, 0.29) is 0 Å². The molecule has 0 heterocycles. The summed E-state index contributed by atoms with van der Waals surface area (Å²) < 4.78 is 39.0. The summed E-state index contributed by atoms with van der Waals surface area (Å²) in [5.41, 5.74) is 0. The minimum Gasteiger partial charge on any atom is -0.418 e. The van der Waals surface area contributed by atoms with Gasteiger partial charge in [-0.1, -0.05) is 77.0 Å². The fourth-order valence-electron chi connectivity index (χ4n) is 6.25. The van der Waals surface area contributed by atoms with Crippen molar-refractivity contribution >= 4 is 15.1 Å². The maximum Gasteiger partial charge on any atom is 0.673 e. The van der Waals surface area contributed by atoms with Crippen molar-refractivity contribution in [1.82, 2.24) is 20.3 Å². The Morgan fingerprint density at radius 1 is 0.382 bits per heavy atom. The molecule has 0 amide bonds. The van der Waals surface area contributed by atoms with Crippen molar-refractivity contribution in [3.8, 4) is 0 Å². The van der Waals surface area contributed by atoms with E-state index >= 15 is 0 Å². The quantitative estimate of drug-likeness (QED) is 0.154. The average Bonchev–Trinajstić information content (AvgIpc) is 2.80. The molecule has 0 aromatic carbocycles. The summed E-state index contributed by atoms with van der Waals surface area (Å²) >= 11 is 0. The first-order chi connectivity index (χ1) is 16.3. The maximum atomic E-state index is 9.75. The van der Waals surface area contributed by atoms with Gasteiger partial charge in [-0.2, -0.15) is 0 Å². The smallest absolute Gasteiger partial charge is 0.418 e. The highest BCUT2D eigenvalue weighted by molar-refractivity contribution is 7.68. The Bertz CT molecular complexity index is 456. The molecule has 0 bridgehead atoms. The number of hydrogen-bond acceptors (Lipinski definition) is 4. The molecule has 34 heavy (non-hydrogen) atoms. The van der Waals surface area contributed by atoms with Crippen LogP contribution in [0.3, 0.4) is 0 Å². The molecule has 0 aromatic rings. The summed E-state index contributed by atoms with van der Waals surface area (Å²) in [6.07, 6.45) is 28.0. The number of rotatable bonds is 8. The maximum absolute atomic E-state index is 9.75. The zero-order valence-electron chi connectivity index (χ0n) is 21.0. The molecule has 4 N–H and O–H groups in total. The van der Waals surface area contributed by atoms with Gasteiger partial charge in [0.2, 0.25) is 0 Å². The Kier molecular flexibility index (Phi) is 12.4. The van der Waals surface area contributed by atoms with Gasteiger partial charge in [0.15, 0.2) is 0 Å². The van der Waals surface area contributed by atoms with Gasteiger partial charge >= 0.3 is 7.25 Å². The number of halogens is 4. The van der Waals surface area contributed by atoms with Crippen molar-refractivity contribution < 1.29 is 17.3 Å². The van der Waals surface area contributed by atoms with Gasteiger partial charge in [0.1, 0.15) is 0 Å². The van der Waals surface area contributed by atoms with Crippen LogP contribution in [0.5, 0.6) is 0 Å². The Balaban J connectivity index is 0.000000588. The summed E-state index contributed by atoms with van der Waals surface area (Å²) in [7, 11) is -7.77. The van der Waals surface area contributed by atoms with Crippen molar-refractivity contribution in [3.63, 3.8) is 0 Å². The second-order valence-electron chi connectivity index (χ2n) is 11.0. The second-order valence-corrected chi connectivity index (χ2v) is 13.4. The Labute approximate surface area is 205 Å². The van der Waals surface area contributed by atoms with Crippen LogP contribution in [0.2, 0.25) is 0 Å². The van der Waals surface area contributed by atoms with E-state index in [1.807, 2.05) is 0 Å². The summed E-state index contributed by atoms with van der Waals surface area (Å²) in [6.45, 7) is 0. The standard InChI is InChI=1S/C24H48N4P.BF4/c1-5-13-21(14-6-1)25-29(26-22-15-7-2-8-16-22,27-23-17-9-3-10-18-23)28-24-19-11-4-12-20-24;2-1(3,4)5/h21-28H,1-20H2;/q+1;-1. The van der Waals surface area contributed by atoms with Crippen LogP contribution in [0.4, 0.5) is 17.3 Å². The number of nitrogens with one attached hydrogen (secondary N) is 4. The van der Waals surface area contributed by atoms with E-state index in [9.17, 15) is 17.3 Å². The fourth-order valence-corrected chi connectivity index (χ4v) is 9.92. The van der Waals surface area contributed by atoms with E-state index in [4.69, 9.17) is 0 Å². The molecule has 0 aliphatic heterocycles. The van der Waals surface area contributed by atoms with Crippen LogP contribution in [0.15, 0.2) is 0 Å². The van der Waals surface area contributed by atoms with Crippen LogP contribution >= 0.6 is 7.87 Å². The number of hydrogen-bond donors (Lipinski definition) is 4. The molecule has 200 valence electrons. The van der Waals surface area contributed by atoms with Gasteiger partial charge in [0.05, 0.1) is 0 Å².